The number of nitrogens with zero attached hydrogens (tertiary/aromatic N) is 3. The van der Waals surface area contributed by atoms with Crippen LogP contribution in [0.4, 0.5) is 5.69 Å². The minimum absolute atomic E-state index is 0.116. The monoisotopic (exact) mass is 320 g/mol. The summed E-state index contributed by atoms with van der Waals surface area (Å²) in [7, 11) is 0. The molecule has 5 nitrogen and oxygen atoms in total. The van der Waals surface area contributed by atoms with Gasteiger partial charge >= 0.3 is 0 Å². The van der Waals surface area contributed by atoms with Crippen LogP contribution in [0.1, 0.15) is 41.6 Å². The Hall–Kier alpha value is -2.87. The van der Waals surface area contributed by atoms with Gasteiger partial charge in [0.15, 0.2) is 0 Å². The van der Waals surface area contributed by atoms with Crippen molar-refractivity contribution in [2.45, 2.75) is 26.2 Å². The maximum absolute atomic E-state index is 11.5. The fourth-order valence-electron chi connectivity index (χ4n) is 2.97. The third-order valence-corrected chi connectivity index (χ3v) is 4.42. The van der Waals surface area contributed by atoms with Gasteiger partial charge in [0.05, 0.1) is 5.69 Å². The molecule has 1 saturated heterocycles. The van der Waals surface area contributed by atoms with Gasteiger partial charge in [-0.1, -0.05) is 18.2 Å². The lowest BCUT2D eigenvalue weighted by Crippen LogP contribution is -2.29. The number of benzene rings is 1. The van der Waals surface area contributed by atoms with Crippen LogP contribution in [0.3, 0.4) is 0 Å². The van der Waals surface area contributed by atoms with E-state index in [2.05, 4.69) is 39.4 Å². The van der Waals surface area contributed by atoms with E-state index in [-0.39, 0.29) is 5.56 Å². The highest BCUT2D eigenvalue weighted by molar-refractivity contribution is 5.70. The molecule has 1 aliphatic rings. The second kappa shape index (κ2) is 7.14. The van der Waals surface area contributed by atoms with Gasteiger partial charge in [-0.05, 0) is 55.5 Å². The number of H-pyrrole nitrogens is 1. The fourth-order valence-corrected chi connectivity index (χ4v) is 2.97. The molecule has 0 radical (unpaired) electrons. The molecule has 122 valence electrons. The summed E-state index contributed by atoms with van der Waals surface area (Å²) in [6, 6.07) is 10.4. The number of anilines is 1. The van der Waals surface area contributed by atoms with Crippen LogP contribution in [0.15, 0.2) is 29.1 Å². The molecule has 1 N–H and O–H groups in total. The SMILES string of the molecule is Cc1c(C=Cc2ccc(N3CCCCC3)cc2)n[nH]c(=O)c1C#N. The number of aromatic amines is 1. The molecule has 0 unspecified atom stereocenters. The first-order chi connectivity index (χ1) is 11.7. The smallest absolute Gasteiger partial charge is 0.282 e. The molecular formula is C19H20N4O. The van der Waals surface area contributed by atoms with Crippen LogP contribution in [0, 0.1) is 18.3 Å². The third kappa shape index (κ3) is 3.38. The molecule has 2 aromatic rings. The Balaban J connectivity index is 1.78. The van der Waals surface area contributed by atoms with E-state index in [1.165, 1.54) is 24.9 Å². The van der Waals surface area contributed by atoms with E-state index < -0.39 is 5.56 Å². The molecule has 0 bridgehead atoms. The van der Waals surface area contributed by atoms with E-state index in [1.54, 1.807) is 6.92 Å². The molecule has 0 amide bonds. The minimum atomic E-state index is -0.446. The zero-order valence-corrected chi connectivity index (χ0v) is 13.7. The van der Waals surface area contributed by atoms with E-state index in [0.717, 1.165) is 18.7 Å². The van der Waals surface area contributed by atoms with Crippen LogP contribution in [0.5, 0.6) is 0 Å². The summed E-state index contributed by atoms with van der Waals surface area (Å²) < 4.78 is 0. The van der Waals surface area contributed by atoms with E-state index >= 15 is 0 Å². The molecule has 5 heteroatoms. The molecule has 24 heavy (non-hydrogen) atoms. The number of aromatic nitrogens is 2. The van der Waals surface area contributed by atoms with Crippen molar-refractivity contribution in [1.29, 1.82) is 5.26 Å². The molecule has 0 aliphatic carbocycles. The van der Waals surface area contributed by atoms with Gasteiger partial charge in [0.2, 0.25) is 0 Å². The summed E-state index contributed by atoms with van der Waals surface area (Å²) in [5, 5.41) is 15.4. The van der Waals surface area contributed by atoms with Crippen molar-refractivity contribution in [1.82, 2.24) is 10.2 Å². The fraction of sp³-hybridized carbons (Fsp3) is 0.316. The predicted molar refractivity (Wildman–Crippen MR) is 95.7 cm³/mol. The average Bonchev–Trinajstić information content (AvgIpc) is 2.63. The summed E-state index contributed by atoms with van der Waals surface area (Å²) in [5.74, 6) is 0. The van der Waals surface area contributed by atoms with Gasteiger partial charge in [-0.15, -0.1) is 0 Å². The molecule has 1 aliphatic heterocycles. The Morgan fingerprint density at radius 1 is 1.17 bits per heavy atom. The molecule has 3 rings (SSSR count). The standard InChI is InChI=1S/C19H20N4O/c1-14-17(13-20)19(24)22-21-18(14)10-7-15-5-8-16(9-6-15)23-11-3-2-4-12-23/h5-10H,2-4,11-12H2,1H3,(H,22,24). The topological polar surface area (TPSA) is 72.8 Å². The molecule has 2 heterocycles. The van der Waals surface area contributed by atoms with Gasteiger partial charge in [0.25, 0.3) is 5.56 Å². The van der Waals surface area contributed by atoms with Crippen molar-refractivity contribution in [3.8, 4) is 6.07 Å². The van der Waals surface area contributed by atoms with Crippen molar-refractivity contribution in [2.75, 3.05) is 18.0 Å². The first-order valence-corrected chi connectivity index (χ1v) is 8.21. The van der Waals surface area contributed by atoms with Crippen molar-refractivity contribution >= 4 is 17.8 Å². The van der Waals surface area contributed by atoms with Gasteiger partial charge in [-0.3, -0.25) is 4.79 Å². The van der Waals surface area contributed by atoms with E-state index in [0.29, 0.717) is 11.3 Å². The highest BCUT2D eigenvalue weighted by Gasteiger charge is 2.10. The second-order valence-electron chi connectivity index (χ2n) is 6.02. The summed E-state index contributed by atoms with van der Waals surface area (Å²) in [4.78, 5) is 13.9. The Kier molecular flexibility index (Phi) is 4.76. The van der Waals surface area contributed by atoms with Crippen LogP contribution in [-0.2, 0) is 0 Å². The summed E-state index contributed by atoms with van der Waals surface area (Å²) in [6.07, 6.45) is 7.62. The van der Waals surface area contributed by atoms with Crippen LogP contribution in [-0.4, -0.2) is 23.3 Å². The number of hydrogen-bond acceptors (Lipinski definition) is 4. The molecule has 0 spiro atoms. The zero-order chi connectivity index (χ0) is 16.9. The first-order valence-electron chi connectivity index (χ1n) is 8.21. The van der Waals surface area contributed by atoms with Crippen molar-refractivity contribution in [3.05, 3.63) is 57.0 Å². The van der Waals surface area contributed by atoms with Gasteiger partial charge in [-0.2, -0.15) is 10.4 Å². The quantitative estimate of drug-likeness (QED) is 0.943. The first kappa shape index (κ1) is 16.0. The van der Waals surface area contributed by atoms with Crippen LogP contribution >= 0.6 is 0 Å². The number of hydrogen-bond donors (Lipinski definition) is 1. The van der Waals surface area contributed by atoms with E-state index in [4.69, 9.17) is 5.26 Å². The second-order valence-corrected chi connectivity index (χ2v) is 6.02. The molecular weight excluding hydrogens is 300 g/mol. The molecule has 1 aromatic carbocycles. The maximum Gasteiger partial charge on any atom is 0.282 e. The Labute approximate surface area is 141 Å². The van der Waals surface area contributed by atoms with E-state index in [9.17, 15) is 4.79 Å². The normalized spacial score (nSPS) is 14.8. The summed E-state index contributed by atoms with van der Waals surface area (Å²) in [5.41, 5.74) is 3.19. The lowest BCUT2D eigenvalue weighted by molar-refractivity contribution is 0.578. The molecule has 0 atom stereocenters. The Morgan fingerprint density at radius 3 is 2.54 bits per heavy atom. The Bertz CT molecular complexity index is 837. The van der Waals surface area contributed by atoms with Crippen molar-refractivity contribution in [2.24, 2.45) is 0 Å². The molecule has 1 fully saturated rings. The molecule has 0 saturated carbocycles. The zero-order valence-electron chi connectivity index (χ0n) is 13.7. The largest absolute Gasteiger partial charge is 0.372 e. The van der Waals surface area contributed by atoms with Crippen LogP contribution in [0.2, 0.25) is 0 Å². The highest BCUT2D eigenvalue weighted by Crippen LogP contribution is 2.21. The van der Waals surface area contributed by atoms with Crippen molar-refractivity contribution in [3.63, 3.8) is 0 Å². The Morgan fingerprint density at radius 2 is 1.88 bits per heavy atom. The van der Waals surface area contributed by atoms with Gasteiger partial charge < -0.3 is 4.90 Å². The average molecular weight is 320 g/mol. The lowest BCUT2D eigenvalue weighted by Gasteiger charge is -2.28. The maximum atomic E-state index is 11.5. The van der Waals surface area contributed by atoms with Gasteiger partial charge in [-0.25, -0.2) is 5.10 Å². The van der Waals surface area contributed by atoms with Crippen LogP contribution < -0.4 is 10.5 Å². The number of rotatable bonds is 3. The lowest BCUT2D eigenvalue weighted by atomic mass is 10.1. The number of nitriles is 1. The predicted octanol–water partition coefficient (Wildman–Crippen LogP) is 3.11. The van der Waals surface area contributed by atoms with E-state index in [1.807, 2.05) is 18.2 Å². The van der Waals surface area contributed by atoms with Crippen LogP contribution in [0.25, 0.3) is 12.2 Å². The van der Waals surface area contributed by atoms with Gasteiger partial charge in [0, 0.05) is 18.8 Å². The molecule has 1 aromatic heterocycles. The summed E-state index contributed by atoms with van der Waals surface area (Å²) in [6.45, 7) is 4.00. The van der Waals surface area contributed by atoms with Gasteiger partial charge in [0.1, 0.15) is 11.6 Å². The number of piperidine rings is 1. The van der Waals surface area contributed by atoms with Crippen molar-refractivity contribution < 1.29 is 0 Å². The number of nitrogens with one attached hydrogen (secondary N) is 1. The summed E-state index contributed by atoms with van der Waals surface area (Å²) >= 11 is 0. The highest BCUT2D eigenvalue weighted by atomic mass is 16.1. The third-order valence-electron chi connectivity index (χ3n) is 4.42. The minimum Gasteiger partial charge on any atom is -0.372 e.